The fourth-order valence-corrected chi connectivity index (χ4v) is 13.0. The van der Waals surface area contributed by atoms with Gasteiger partial charge in [0.05, 0.1) is 35.6 Å². The number of aromatic nitrogens is 1. The number of alkyl halides is 1. The molecular weight excluding hydrogens is 1240 g/mol. The molecule has 10 unspecified atom stereocenters. The third-order valence-electron chi connectivity index (χ3n) is 18.3. The molecule has 5 aliphatic rings. The zero-order valence-electron chi connectivity index (χ0n) is 56.6. The minimum Gasteiger partial charge on any atom is -0.458 e. The van der Waals surface area contributed by atoms with Gasteiger partial charge in [0.2, 0.25) is 47.3 Å². The lowest BCUT2D eigenvalue weighted by Gasteiger charge is -2.36. The van der Waals surface area contributed by atoms with Crippen LogP contribution in [0, 0.1) is 37.5 Å². The van der Waals surface area contributed by atoms with Gasteiger partial charge in [-0.05, 0) is 88.7 Å². The van der Waals surface area contributed by atoms with Crippen LogP contribution in [0.25, 0.3) is 11.1 Å². The number of benzene rings is 2. The van der Waals surface area contributed by atoms with Gasteiger partial charge in [-0.15, -0.1) is 0 Å². The van der Waals surface area contributed by atoms with E-state index in [-0.39, 0.29) is 65.5 Å². The van der Waals surface area contributed by atoms with Crippen LogP contribution in [-0.4, -0.2) is 220 Å². The number of esters is 2. The van der Waals surface area contributed by atoms with Crippen LogP contribution in [-0.2, 0) is 64.1 Å². The number of rotatable bonds is 9. The Hall–Kier alpha value is -9.25. The first-order valence-electron chi connectivity index (χ1n) is 32.0. The number of fused-ring (bicyclic) bond motifs is 5. The molecule has 95 heavy (non-hydrogen) atoms. The number of hydrogen-bond donors (Lipinski definition) is 5. The molecule has 0 bridgehead atoms. The fourth-order valence-electron chi connectivity index (χ4n) is 13.0. The second-order valence-electron chi connectivity index (χ2n) is 26.6. The first kappa shape index (κ1) is 71.6. The van der Waals surface area contributed by atoms with Gasteiger partial charge in [-0.1, -0.05) is 61.5 Å². The van der Waals surface area contributed by atoms with Gasteiger partial charge in [-0.2, -0.15) is 0 Å². The Balaban J connectivity index is 1.22. The smallest absolute Gasteiger partial charge is 0.360 e. The minimum absolute atomic E-state index is 0.0246. The molecule has 10 amide bonds. The molecule has 516 valence electrons. The van der Waals surface area contributed by atoms with Crippen LogP contribution in [0.3, 0.4) is 0 Å². The molecule has 10 atom stereocenters. The summed E-state index contributed by atoms with van der Waals surface area (Å²) in [6.07, 6.45) is -1.80. The van der Waals surface area contributed by atoms with Crippen LogP contribution in [0.4, 0.5) is 15.8 Å². The summed E-state index contributed by atoms with van der Waals surface area (Å²) >= 11 is 0. The average Bonchev–Trinajstić information content (AvgIpc) is 1.28. The molecule has 0 saturated carbocycles. The van der Waals surface area contributed by atoms with Crippen LogP contribution < -0.4 is 36.9 Å². The maximum Gasteiger partial charge on any atom is 0.360 e. The van der Waals surface area contributed by atoms with E-state index in [1.807, 2.05) is 0 Å². The van der Waals surface area contributed by atoms with Gasteiger partial charge < -0.3 is 74.6 Å². The predicted molar refractivity (Wildman–Crippen MR) is 339 cm³/mol. The number of nitrogens with one attached hydrogen (secondary N) is 5. The molecule has 30 heteroatoms. The van der Waals surface area contributed by atoms with Crippen molar-refractivity contribution in [1.82, 2.24) is 55.7 Å². The molecule has 4 fully saturated rings. The number of likely N-dealkylation sites (N-methyl/N-ethyl adjacent to an activating group) is 4. The second-order valence-corrected chi connectivity index (χ2v) is 26.6. The highest BCUT2D eigenvalue weighted by Gasteiger charge is 2.47. The Kier molecular flexibility index (Phi) is 21.7. The van der Waals surface area contributed by atoms with Crippen LogP contribution in [0.1, 0.15) is 132 Å². The Labute approximate surface area is 549 Å². The fraction of sp³-hybridized carbons (Fsp3) is 0.600. The molecule has 4 saturated heterocycles. The maximum absolute atomic E-state index is 15.7. The molecule has 5 aliphatic heterocycles. The van der Waals surface area contributed by atoms with Crippen molar-refractivity contribution in [2.75, 3.05) is 59.7 Å². The van der Waals surface area contributed by atoms with Crippen molar-refractivity contribution in [2.24, 2.45) is 23.7 Å². The van der Waals surface area contributed by atoms with E-state index in [4.69, 9.17) is 18.6 Å². The Bertz CT molecular complexity index is 3690. The van der Waals surface area contributed by atoms with Crippen molar-refractivity contribution in [3.05, 3.63) is 50.5 Å². The second kappa shape index (κ2) is 28.8. The number of cyclic esters (lactones) is 2. The molecular formula is C65H87FN12O17. The van der Waals surface area contributed by atoms with E-state index in [1.54, 1.807) is 62.3 Å². The number of amides is 10. The highest BCUT2D eigenvalue weighted by Crippen LogP contribution is 2.51. The molecule has 0 spiro atoms. The number of carbonyl (C=O) groups is 12. The number of anilines is 2. The van der Waals surface area contributed by atoms with E-state index in [0.29, 0.717) is 18.4 Å². The van der Waals surface area contributed by atoms with E-state index < -0.39 is 197 Å². The van der Waals surface area contributed by atoms with Crippen LogP contribution in [0.2, 0.25) is 0 Å². The van der Waals surface area contributed by atoms with E-state index in [2.05, 4.69) is 31.6 Å². The first-order chi connectivity index (χ1) is 44.6. The average molecular weight is 1330 g/mol. The monoisotopic (exact) mass is 1330 g/mol. The summed E-state index contributed by atoms with van der Waals surface area (Å²) in [5.74, 6) is -12.6. The molecule has 0 aliphatic carbocycles. The van der Waals surface area contributed by atoms with E-state index >= 15 is 14.4 Å². The van der Waals surface area contributed by atoms with E-state index in [0.717, 1.165) is 9.80 Å². The number of halogens is 1. The molecule has 6 heterocycles. The molecule has 1 aromatic heterocycles. The summed E-state index contributed by atoms with van der Waals surface area (Å²) in [5, 5.41) is 13.9. The van der Waals surface area contributed by atoms with Crippen molar-refractivity contribution in [3.8, 4) is 11.5 Å². The number of ether oxygens (including phenoxy) is 3. The van der Waals surface area contributed by atoms with Crippen molar-refractivity contribution in [1.29, 1.82) is 0 Å². The number of aryl methyl sites for hydroxylation is 2. The van der Waals surface area contributed by atoms with Crippen LogP contribution in [0.5, 0.6) is 11.5 Å². The lowest BCUT2D eigenvalue weighted by molar-refractivity contribution is -0.163. The molecule has 3 aromatic rings. The Morgan fingerprint density at radius 3 is 1.51 bits per heavy atom. The van der Waals surface area contributed by atoms with Crippen molar-refractivity contribution in [3.63, 3.8) is 0 Å². The predicted octanol–water partition coefficient (Wildman–Crippen LogP) is 2.36. The molecule has 2 aromatic carbocycles. The van der Waals surface area contributed by atoms with Gasteiger partial charge in [0.15, 0.2) is 22.8 Å². The zero-order chi connectivity index (χ0) is 70.3. The highest BCUT2D eigenvalue weighted by atomic mass is 19.1. The number of nitrogens with zero attached hydrogens (tertiary/aromatic N) is 7. The standard InChI is InChI=1S/C65H87FN12O17/c1-28(2)43-61(87)77-23-17-19-38(77)59(85)73(13)26-40(79)75(15)50(30(5)6)64(90)92-34(11)45(57(83)69-43)71-55(81)36-22-21-32(9)52-47(36)68-49-42(48-54(33(10)53(49)94-52)95-63(89)37(25-66)67-48)56(82)72-46-35(12)93-65(91)51(31(7)8)76(16)41(80)27-74(14)60(86)39-20-18-24-78(39)62(88)44(29(3)4)70-58(46)84/h21-22,28-31,34-35,38-39,43-46,50-51,68H,17-20,23-27H2,1-16H3,(H,69,83)(H,70,84)(H,71,81)(H,72,82). The number of hydrogen-bond acceptors (Lipinski definition) is 19. The van der Waals surface area contributed by atoms with Crippen molar-refractivity contribution < 1.29 is 80.6 Å². The van der Waals surface area contributed by atoms with E-state index in [9.17, 15) is 52.3 Å². The lowest BCUT2D eigenvalue weighted by atomic mass is 9.98. The number of carbonyl (C=O) groups excluding carboxylic acids is 12. The van der Waals surface area contributed by atoms with Crippen LogP contribution in [0.15, 0.2) is 21.3 Å². The summed E-state index contributed by atoms with van der Waals surface area (Å²) in [4.78, 5) is 200. The quantitative estimate of drug-likeness (QED) is 0.150. The molecule has 29 nitrogen and oxygen atoms in total. The van der Waals surface area contributed by atoms with Gasteiger partial charge >= 0.3 is 17.6 Å². The summed E-state index contributed by atoms with van der Waals surface area (Å²) in [7, 11) is 5.55. The topological polar surface area (TPSA) is 355 Å². The van der Waals surface area contributed by atoms with E-state index in [1.165, 1.54) is 80.7 Å². The third-order valence-corrected chi connectivity index (χ3v) is 18.3. The minimum atomic E-state index is -1.94. The normalized spacial score (nSPS) is 25.7. The summed E-state index contributed by atoms with van der Waals surface area (Å²) in [6, 6.07) is -8.13. The van der Waals surface area contributed by atoms with Gasteiger partial charge in [0.1, 0.15) is 72.7 Å². The maximum atomic E-state index is 15.7. The summed E-state index contributed by atoms with van der Waals surface area (Å²) < 4.78 is 39.1. The third kappa shape index (κ3) is 14.3. The summed E-state index contributed by atoms with van der Waals surface area (Å²) in [5.41, 5.74) is -3.79. The first-order valence-corrected chi connectivity index (χ1v) is 32.0. The Morgan fingerprint density at radius 2 is 1.07 bits per heavy atom. The largest absolute Gasteiger partial charge is 0.458 e. The molecule has 0 radical (unpaired) electrons. The molecule has 8 rings (SSSR count). The summed E-state index contributed by atoms with van der Waals surface area (Å²) in [6.45, 7) is 16.8. The van der Waals surface area contributed by atoms with Gasteiger partial charge in [0.25, 0.3) is 11.8 Å². The SMILES string of the molecule is Cc1ccc(C(=O)NC2C(=O)NC(C(C)C)C(=O)N3CCCC3C(=O)N(C)CC(=O)N(C)C(C(C)C)C(=O)OC2C)c2c1Oc1c(c(C(=O)NC3C(=O)NC(C(C)C)C(=O)N4CCCC4C(=O)N(C)CC(=O)N(C)C(C(C)C)C(=O)OC3C)c3nc(CF)c(=O)oc3c1C)N2. The molecule has 5 N–H and O–H groups in total. The van der Waals surface area contributed by atoms with Gasteiger partial charge in [0, 0.05) is 46.8 Å². The van der Waals surface area contributed by atoms with Crippen LogP contribution >= 0.6 is 0 Å². The van der Waals surface area contributed by atoms with Crippen molar-refractivity contribution >= 4 is 93.5 Å². The van der Waals surface area contributed by atoms with Crippen molar-refractivity contribution in [2.45, 2.75) is 176 Å². The Morgan fingerprint density at radius 1 is 0.621 bits per heavy atom. The highest BCUT2D eigenvalue weighted by molar-refractivity contribution is 6.15. The zero-order valence-corrected chi connectivity index (χ0v) is 56.6. The van der Waals surface area contributed by atoms with Gasteiger partial charge in [-0.25, -0.2) is 23.8 Å². The van der Waals surface area contributed by atoms with Gasteiger partial charge in [-0.3, -0.25) is 47.9 Å². The lowest BCUT2D eigenvalue weighted by Crippen LogP contribution is -2.61.